The third-order valence-electron chi connectivity index (χ3n) is 2.26. The van der Waals surface area contributed by atoms with Crippen LogP contribution in [0.15, 0.2) is 18.2 Å². The molecule has 0 aromatic heterocycles. The summed E-state index contributed by atoms with van der Waals surface area (Å²) < 4.78 is 13.7. The summed E-state index contributed by atoms with van der Waals surface area (Å²) in [5.41, 5.74) is 10.4. The molecule has 20 heavy (non-hydrogen) atoms. The van der Waals surface area contributed by atoms with Gasteiger partial charge in [0, 0.05) is 18.7 Å². The Morgan fingerprint density at radius 3 is 2.55 bits per heavy atom. The van der Waals surface area contributed by atoms with E-state index >= 15 is 0 Å². The Balaban J connectivity index is 2.62. The Labute approximate surface area is 115 Å². The molecule has 0 radical (unpaired) electrons. The summed E-state index contributed by atoms with van der Waals surface area (Å²) in [5, 5.41) is 4.75. The molecule has 0 aliphatic carbocycles. The van der Waals surface area contributed by atoms with Crippen LogP contribution >= 0.6 is 0 Å². The fourth-order valence-corrected chi connectivity index (χ4v) is 1.39. The molecule has 3 amide bonds. The molecule has 0 saturated heterocycles. The van der Waals surface area contributed by atoms with Gasteiger partial charge in [0.1, 0.15) is 5.82 Å². The number of carbonyl (C=O) groups is 2. The molecule has 7 heteroatoms. The topological polar surface area (TPSA) is 110 Å². The molecular formula is C13H15FN4O2. The van der Waals surface area contributed by atoms with Crippen LogP contribution in [0, 0.1) is 17.7 Å². The number of nitrogens with two attached hydrogens (primary N) is 2. The molecule has 106 valence electrons. The predicted molar refractivity (Wildman–Crippen MR) is 72.3 cm³/mol. The van der Waals surface area contributed by atoms with E-state index in [1.54, 1.807) is 0 Å². The number of benzene rings is 1. The first-order valence-corrected chi connectivity index (χ1v) is 5.84. The molecule has 0 fully saturated rings. The van der Waals surface area contributed by atoms with Gasteiger partial charge in [0.2, 0.25) is 0 Å². The number of primary amides is 1. The normalized spacial score (nSPS) is 9.30. The van der Waals surface area contributed by atoms with E-state index in [9.17, 15) is 14.0 Å². The first-order chi connectivity index (χ1) is 9.54. The Morgan fingerprint density at radius 1 is 1.25 bits per heavy atom. The summed E-state index contributed by atoms with van der Waals surface area (Å²) in [7, 11) is 0. The molecule has 1 aromatic rings. The number of urea groups is 1. The maximum atomic E-state index is 13.7. The van der Waals surface area contributed by atoms with Crippen LogP contribution in [0.4, 0.5) is 9.18 Å². The zero-order chi connectivity index (χ0) is 15.0. The van der Waals surface area contributed by atoms with Crippen molar-refractivity contribution >= 4 is 11.9 Å². The minimum atomic E-state index is -0.687. The monoisotopic (exact) mass is 278 g/mol. The van der Waals surface area contributed by atoms with E-state index in [1.807, 2.05) is 0 Å². The zero-order valence-corrected chi connectivity index (χ0v) is 10.7. The van der Waals surface area contributed by atoms with E-state index in [-0.39, 0.29) is 25.2 Å². The van der Waals surface area contributed by atoms with E-state index in [2.05, 4.69) is 22.5 Å². The van der Waals surface area contributed by atoms with Gasteiger partial charge in [0.15, 0.2) is 0 Å². The summed E-state index contributed by atoms with van der Waals surface area (Å²) in [6, 6.07) is 3.35. The second kappa shape index (κ2) is 7.76. The van der Waals surface area contributed by atoms with Crippen LogP contribution in [-0.4, -0.2) is 31.6 Å². The fraction of sp³-hybridized carbons (Fsp3) is 0.231. The Bertz CT molecular complexity index is 563. The van der Waals surface area contributed by atoms with Gasteiger partial charge in [-0.3, -0.25) is 4.79 Å². The molecule has 1 rings (SSSR count). The van der Waals surface area contributed by atoms with Crippen molar-refractivity contribution in [1.29, 1.82) is 0 Å². The van der Waals surface area contributed by atoms with Crippen molar-refractivity contribution in [3.63, 3.8) is 0 Å². The van der Waals surface area contributed by atoms with Crippen molar-refractivity contribution in [1.82, 2.24) is 10.6 Å². The van der Waals surface area contributed by atoms with Crippen LogP contribution in [0.3, 0.4) is 0 Å². The Kier molecular flexibility index (Phi) is 6.00. The molecule has 6 nitrogen and oxygen atoms in total. The molecule has 0 heterocycles. The molecule has 0 saturated carbocycles. The molecule has 0 aliphatic heterocycles. The molecule has 0 atom stereocenters. The van der Waals surface area contributed by atoms with Crippen LogP contribution in [0.25, 0.3) is 0 Å². The van der Waals surface area contributed by atoms with E-state index in [4.69, 9.17) is 11.5 Å². The molecule has 1 aromatic carbocycles. The highest BCUT2D eigenvalue weighted by Crippen LogP contribution is 2.09. The van der Waals surface area contributed by atoms with Crippen LogP contribution < -0.4 is 22.1 Å². The number of halogens is 1. The Morgan fingerprint density at radius 2 is 1.95 bits per heavy atom. The van der Waals surface area contributed by atoms with Gasteiger partial charge in [-0.25, -0.2) is 9.18 Å². The molecule has 0 spiro atoms. The highest BCUT2D eigenvalue weighted by Gasteiger charge is 2.11. The largest absolute Gasteiger partial charge is 0.352 e. The standard InChI is InChI=1S/C13H15FN4O2/c14-11-8-9(2-1-5-15)3-4-10(11)12(19)17-6-7-18-13(16)20/h3-4,8H,5-7,15H2,(H,17,19)(H3,16,18,20). The van der Waals surface area contributed by atoms with Crippen LogP contribution in [0.5, 0.6) is 0 Å². The average molecular weight is 278 g/mol. The lowest BCUT2D eigenvalue weighted by atomic mass is 10.1. The number of amides is 3. The fourth-order valence-electron chi connectivity index (χ4n) is 1.39. The Hall–Kier alpha value is -2.59. The van der Waals surface area contributed by atoms with E-state index in [1.165, 1.54) is 18.2 Å². The van der Waals surface area contributed by atoms with Gasteiger partial charge in [-0.05, 0) is 18.2 Å². The molecule has 0 aliphatic rings. The van der Waals surface area contributed by atoms with E-state index < -0.39 is 17.8 Å². The molecule has 0 unspecified atom stereocenters. The van der Waals surface area contributed by atoms with Crippen LogP contribution in [-0.2, 0) is 0 Å². The highest BCUT2D eigenvalue weighted by molar-refractivity contribution is 5.94. The van der Waals surface area contributed by atoms with Gasteiger partial charge in [0.25, 0.3) is 5.91 Å². The summed E-state index contributed by atoms with van der Waals surface area (Å²) in [6.07, 6.45) is 0. The molecule has 6 N–H and O–H groups in total. The van der Waals surface area contributed by atoms with Gasteiger partial charge in [0.05, 0.1) is 12.1 Å². The quantitative estimate of drug-likeness (QED) is 0.441. The number of hydrogen-bond donors (Lipinski definition) is 4. The first kappa shape index (κ1) is 15.5. The molecular weight excluding hydrogens is 263 g/mol. The summed E-state index contributed by atoms with van der Waals surface area (Å²) in [6.45, 7) is 0.495. The number of nitrogens with one attached hydrogen (secondary N) is 2. The van der Waals surface area contributed by atoms with E-state index in [0.29, 0.717) is 5.56 Å². The van der Waals surface area contributed by atoms with Crippen molar-refractivity contribution in [2.75, 3.05) is 19.6 Å². The average Bonchev–Trinajstić information content (AvgIpc) is 2.41. The van der Waals surface area contributed by atoms with Crippen molar-refractivity contribution in [3.05, 3.63) is 35.1 Å². The van der Waals surface area contributed by atoms with Gasteiger partial charge in [-0.15, -0.1) is 0 Å². The minimum absolute atomic E-state index is 0.0950. The van der Waals surface area contributed by atoms with Crippen molar-refractivity contribution in [3.8, 4) is 11.8 Å². The first-order valence-electron chi connectivity index (χ1n) is 5.84. The maximum Gasteiger partial charge on any atom is 0.312 e. The molecule has 0 bridgehead atoms. The smallest absolute Gasteiger partial charge is 0.312 e. The second-order valence-corrected chi connectivity index (χ2v) is 3.75. The number of hydrogen-bond acceptors (Lipinski definition) is 3. The van der Waals surface area contributed by atoms with Crippen molar-refractivity contribution in [2.24, 2.45) is 11.5 Å². The van der Waals surface area contributed by atoms with Gasteiger partial charge >= 0.3 is 6.03 Å². The van der Waals surface area contributed by atoms with Gasteiger partial charge in [-0.1, -0.05) is 11.8 Å². The third kappa shape index (κ3) is 4.96. The third-order valence-corrected chi connectivity index (χ3v) is 2.26. The number of rotatable bonds is 4. The summed E-state index contributed by atoms with van der Waals surface area (Å²) >= 11 is 0. The van der Waals surface area contributed by atoms with Crippen molar-refractivity contribution < 1.29 is 14.0 Å². The lowest BCUT2D eigenvalue weighted by Gasteiger charge is -2.06. The predicted octanol–water partition coefficient (Wildman–Crippen LogP) is -0.466. The highest BCUT2D eigenvalue weighted by atomic mass is 19.1. The van der Waals surface area contributed by atoms with Crippen LogP contribution in [0.1, 0.15) is 15.9 Å². The SMILES string of the molecule is NCC#Cc1ccc(C(=O)NCCNC(N)=O)c(F)c1. The lowest BCUT2D eigenvalue weighted by molar-refractivity contribution is 0.0950. The number of carbonyl (C=O) groups excluding carboxylic acids is 2. The summed E-state index contributed by atoms with van der Waals surface area (Å²) in [5.74, 6) is 4.01. The van der Waals surface area contributed by atoms with Crippen molar-refractivity contribution in [2.45, 2.75) is 0 Å². The van der Waals surface area contributed by atoms with E-state index in [0.717, 1.165) is 0 Å². The minimum Gasteiger partial charge on any atom is -0.352 e. The summed E-state index contributed by atoms with van der Waals surface area (Å²) in [4.78, 5) is 22.1. The second-order valence-electron chi connectivity index (χ2n) is 3.75. The maximum absolute atomic E-state index is 13.7. The lowest BCUT2D eigenvalue weighted by Crippen LogP contribution is -2.37. The van der Waals surface area contributed by atoms with Gasteiger partial charge < -0.3 is 22.1 Å². The zero-order valence-electron chi connectivity index (χ0n) is 10.7. The van der Waals surface area contributed by atoms with Crippen LogP contribution in [0.2, 0.25) is 0 Å². The van der Waals surface area contributed by atoms with Gasteiger partial charge in [-0.2, -0.15) is 0 Å².